The second-order valence-corrected chi connectivity index (χ2v) is 6.68. The molecular weight excluding hydrogens is 250 g/mol. The highest BCUT2D eigenvalue weighted by molar-refractivity contribution is 7.89. The molecule has 4 nitrogen and oxygen atoms in total. The van der Waals surface area contributed by atoms with Crippen LogP contribution in [0.4, 0.5) is 0 Å². The van der Waals surface area contributed by atoms with Crippen molar-refractivity contribution in [3.63, 3.8) is 0 Å². The van der Waals surface area contributed by atoms with Gasteiger partial charge in [-0.3, -0.25) is 9.52 Å². The normalized spacial score (nSPS) is 11.8. The molecule has 0 unspecified atom stereocenters. The monoisotopic (exact) mass is 277 g/mol. The Labute approximate surface area is 112 Å². The van der Waals surface area contributed by atoms with Gasteiger partial charge in [0.1, 0.15) is 0 Å². The van der Waals surface area contributed by atoms with Crippen LogP contribution in [0.5, 0.6) is 0 Å². The van der Waals surface area contributed by atoms with E-state index in [9.17, 15) is 13.2 Å². The number of amides is 1. The van der Waals surface area contributed by atoms with Crippen molar-refractivity contribution in [1.82, 2.24) is 4.72 Å². The van der Waals surface area contributed by atoms with E-state index in [2.05, 4.69) is 18.6 Å². The van der Waals surface area contributed by atoms with Crippen LogP contribution in [0.1, 0.15) is 65.2 Å². The summed E-state index contributed by atoms with van der Waals surface area (Å²) in [6, 6.07) is 0. The number of hydrogen-bond acceptors (Lipinski definition) is 3. The van der Waals surface area contributed by atoms with Crippen LogP contribution in [0.25, 0.3) is 0 Å². The van der Waals surface area contributed by atoms with Crippen LogP contribution in [0, 0.1) is 5.92 Å². The molecule has 108 valence electrons. The van der Waals surface area contributed by atoms with Crippen molar-refractivity contribution in [2.45, 2.75) is 65.2 Å². The zero-order valence-electron chi connectivity index (χ0n) is 11.9. The summed E-state index contributed by atoms with van der Waals surface area (Å²) in [7, 11) is -3.43. The van der Waals surface area contributed by atoms with Crippen molar-refractivity contribution in [2.75, 3.05) is 6.26 Å². The van der Waals surface area contributed by atoms with Crippen molar-refractivity contribution >= 4 is 15.9 Å². The highest BCUT2D eigenvalue weighted by Gasteiger charge is 2.20. The van der Waals surface area contributed by atoms with Crippen LogP contribution >= 0.6 is 0 Å². The second-order valence-electron chi connectivity index (χ2n) is 4.93. The van der Waals surface area contributed by atoms with Crippen LogP contribution < -0.4 is 4.72 Å². The van der Waals surface area contributed by atoms with E-state index in [4.69, 9.17) is 0 Å². The lowest BCUT2D eigenvalue weighted by Crippen LogP contribution is -2.35. The first kappa shape index (κ1) is 17.4. The zero-order valence-corrected chi connectivity index (χ0v) is 12.7. The van der Waals surface area contributed by atoms with Crippen LogP contribution in [-0.4, -0.2) is 20.6 Å². The van der Waals surface area contributed by atoms with Gasteiger partial charge in [-0.25, -0.2) is 8.42 Å². The summed E-state index contributed by atoms with van der Waals surface area (Å²) in [6.45, 7) is 4.23. The fourth-order valence-electron chi connectivity index (χ4n) is 1.95. The van der Waals surface area contributed by atoms with E-state index in [0.717, 1.165) is 57.6 Å². The summed E-state index contributed by atoms with van der Waals surface area (Å²) in [6.07, 6.45) is 8.99. The Morgan fingerprint density at radius 1 is 1.00 bits per heavy atom. The van der Waals surface area contributed by atoms with Gasteiger partial charge in [0.2, 0.25) is 15.9 Å². The first-order valence-corrected chi connectivity index (χ1v) is 8.81. The van der Waals surface area contributed by atoms with Gasteiger partial charge in [-0.15, -0.1) is 0 Å². The van der Waals surface area contributed by atoms with E-state index in [1.165, 1.54) is 0 Å². The van der Waals surface area contributed by atoms with Crippen LogP contribution in [0.3, 0.4) is 0 Å². The zero-order chi connectivity index (χ0) is 14.0. The highest BCUT2D eigenvalue weighted by atomic mass is 32.2. The molecule has 0 aliphatic heterocycles. The molecule has 0 aliphatic rings. The first-order chi connectivity index (χ1) is 8.40. The van der Waals surface area contributed by atoms with E-state index >= 15 is 0 Å². The van der Waals surface area contributed by atoms with Crippen molar-refractivity contribution < 1.29 is 13.2 Å². The van der Waals surface area contributed by atoms with Gasteiger partial charge in [0.25, 0.3) is 0 Å². The predicted octanol–water partition coefficient (Wildman–Crippen LogP) is 2.84. The predicted molar refractivity (Wildman–Crippen MR) is 74.8 cm³/mol. The minimum absolute atomic E-state index is 0.155. The maximum Gasteiger partial charge on any atom is 0.236 e. The maximum atomic E-state index is 11.9. The lowest BCUT2D eigenvalue weighted by Gasteiger charge is -2.15. The molecule has 18 heavy (non-hydrogen) atoms. The van der Waals surface area contributed by atoms with E-state index < -0.39 is 10.0 Å². The molecule has 0 spiro atoms. The number of hydrogen-bond donors (Lipinski definition) is 1. The molecule has 0 aromatic heterocycles. The molecular formula is C13H27NO3S. The SMILES string of the molecule is CCCCCC(CCCCC)C(=O)NS(C)(=O)=O. The lowest BCUT2D eigenvalue weighted by atomic mass is 9.94. The number of carbonyl (C=O) groups excluding carboxylic acids is 1. The minimum atomic E-state index is -3.43. The van der Waals surface area contributed by atoms with Gasteiger partial charge in [0.05, 0.1) is 6.26 Å². The number of sulfonamides is 1. The Kier molecular flexibility index (Phi) is 9.06. The van der Waals surface area contributed by atoms with E-state index in [1.807, 2.05) is 0 Å². The molecule has 0 saturated carbocycles. The Hall–Kier alpha value is -0.580. The average Bonchev–Trinajstić information content (AvgIpc) is 2.25. The van der Waals surface area contributed by atoms with Gasteiger partial charge in [0, 0.05) is 5.92 Å². The molecule has 0 saturated heterocycles. The quantitative estimate of drug-likeness (QED) is 0.624. The molecule has 0 radical (unpaired) electrons. The third-order valence-corrected chi connectivity index (χ3v) is 3.54. The summed E-state index contributed by atoms with van der Waals surface area (Å²) in [5, 5.41) is 0. The largest absolute Gasteiger partial charge is 0.274 e. The van der Waals surface area contributed by atoms with Crippen molar-refractivity contribution in [3.05, 3.63) is 0 Å². The number of carbonyl (C=O) groups is 1. The Morgan fingerprint density at radius 2 is 1.44 bits per heavy atom. The van der Waals surface area contributed by atoms with Crippen molar-refractivity contribution in [3.8, 4) is 0 Å². The molecule has 0 atom stereocenters. The summed E-state index contributed by atoms with van der Waals surface area (Å²) >= 11 is 0. The van der Waals surface area contributed by atoms with Crippen LogP contribution in [0.2, 0.25) is 0 Å². The summed E-state index contributed by atoms with van der Waals surface area (Å²) < 4.78 is 24.3. The lowest BCUT2D eigenvalue weighted by molar-refractivity contribution is -0.123. The third-order valence-electron chi connectivity index (χ3n) is 2.97. The standard InChI is InChI=1S/C13H27NO3S/c1-4-6-8-10-12(11-9-7-5-2)13(15)14-18(3,16)17/h12H,4-11H2,1-3H3,(H,14,15). The molecule has 0 fully saturated rings. The smallest absolute Gasteiger partial charge is 0.236 e. The third kappa shape index (κ3) is 9.45. The molecule has 0 aromatic rings. The van der Waals surface area contributed by atoms with E-state index in [1.54, 1.807) is 0 Å². The first-order valence-electron chi connectivity index (χ1n) is 6.92. The topological polar surface area (TPSA) is 63.2 Å². The van der Waals surface area contributed by atoms with Gasteiger partial charge in [-0.2, -0.15) is 0 Å². The second kappa shape index (κ2) is 9.36. The van der Waals surface area contributed by atoms with Gasteiger partial charge >= 0.3 is 0 Å². The molecule has 0 heterocycles. The molecule has 0 aliphatic carbocycles. The number of unbranched alkanes of at least 4 members (excludes halogenated alkanes) is 4. The van der Waals surface area contributed by atoms with Gasteiger partial charge < -0.3 is 0 Å². The van der Waals surface area contributed by atoms with Crippen molar-refractivity contribution in [2.24, 2.45) is 5.92 Å². The fraction of sp³-hybridized carbons (Fsp3) is 0.923. The fourth-order valence-corrected chi connectivity index (χ4v) is 2.49. The van der Waals surface area contributed by atoms with Gasteiger partial charge in [-0.05, 0) is 12.8 Å². The van der Waals surface area contributed by atoms with Gasteiger partial charge in [0.15, 0.2) is 0 Å². The Bertz CT molecular complexity index is 315. The summed E-state index contributed by atoms with van der Waals surface area (Å²) in [4.78, 5) is 11.9. The van der Waals surface area contributed by atoms with E-state index in [-0.39, 0.29) is 11.8 Å². The summed E-state index contributed by atoms with van der Waals surface area (Å²) in [5.41, 5.74) is 0. The Balaban J connectivity index is 4.29. The van der Waals surface area contributed by atoms with Crippen LogP contribution in [-0.2, 0) is 14.8 Å². The Morgan fingerprint density at radius 3 is 1.78 bits per heavy atom. The minimum Gasteiger partial charge on any atom is -0.274 e. The maximum absolute atomic E-state index is 11.9. The molecule has 5 heteroatoms. The molecule has 0 bridgehead atoms. The molecule has 1 amide bonds. The average molecular weight is 277 g/mol. The number of nitrogens with one attached hydrogen (secondary N) is 1. The van der Waals surface area contributed by atoms with E-state index in [0.29, 0.717) is 0 Å². The molecule has 1 N–H and O–H groups in total. The highest BCUT2D eigenvalue weighted by Crippen LogP contribution is 2.18. The number of rotatable bonds is 10. The van der Waals surface area contributed by atoms with Crippen molar-refractivity contribution in [1.29, 1.82) is 0 Å². The molecule has 0 aromatic carbocycles. The van der Waals surface area contributed by atoms with Crippen LogP contribution in [0.15, 0.2) is 0 Å². The summed E-state index contributed by atoms with van der Waals surface area (Å²) in [5.74, 6) is -0.484. The van der Waals surface area contributed by atoms with Gasteiger partial charge in [-0.1, -0.05) is 52.4 Å². The molecule has 0 rings (SSSR count).